The molecule has 0 saturated carbocycles. The van der Waals surface area contributed by atoms with Gasteiger partial charge >= 0.3 is 5.97 Å². The van der Waals surface area contributed by atoms with Crippen LogP contribution in [0.15, 0.2) is 30.9 Å². The molecule has 18 heavy (non-hydrogen) atoms. The molecule has 0 saturated heterocycles. The zero-order valence-corrected chi connectivity index (χ0v) is 10.00. The minimum absolute atomic E-state index is 0.0210. The lowest BCUT2D eigenvalue weighted by molar-refractivity contribution is -0.385. The third-order valence-corrected chi connectivity index (χ3v) is 2.42. The molecule has 0 amide bonds. The summed E-state index contributed by atoms with van der Waals surface area (Å²) in [6.45, 7) is 5.37. The van der Waals surface area contributed by atoms with Crippen LogP contribution in [0.1, 0.15) is 5.56 Å². The van der Waals surface area contributed by atoms with Gasteiger partial charge in [-0.25, -0.2) is 0 Å². The molecule has 0 aliphatic heterocycles. The van der Waals surface area contributed by atoms with E-state index in [2.05, 4.69) is 6.58 Å². The summed E-state index contributed by atoms with van der Waals surface area (Å²) < 4.78 is 0. The average Bonchev–Trinajstić information content (AvgIpc) is 2.27. The minimum Gasteiger partial charge on any atom is -0.480 e. The van der Waals surface area contributed by atoms with E-state index in [0.29, 0.717) is 17.8 Å². The van der Waals surface area contributed by atoms with Crippen LogP contribution >= 0.6 is 0 Å². The van der Waals surface area contributed by atoms with Crippen LogP contribution in [0.5, 0.6) is 0 Å². The smallest absolute Gasteiger partial charge is 0.323 e. The number of carboxylic acid groups (broad SMARTS) is 1. The highest BCUT2D eigenvalue weighted by molar-refractivity contribution is 5.74. The van der Waals surface area contributed by atoms with Crippen LogP contribution in [0.3, 0.4) is 0 Å². The van der Waals surface area contributed by atoms with Crippen molar-refractivity contribution in [1.82, 2.24) is 0 Å². The number of carboxylic acids is 1. The monoisotopic (exact) mass is 250 g/mol. The third-order valence-electron chi connectivity index (χ3n) is 2.42. The van der Waals surface area contributed by atoms with Crippen LogP contribution in [0.2, 0.25) is 0 Å². The maximum atomic E-state index is 10.7. The fourth-order valence-corrected chi connectivity index (χ4v) is 1.62. The first-order chi connectivity index (χ1) is 8.45. The Bertz CT molecular complexity index is 485. The first kappa shape index (κ1) is 13.7. The number of carbonyl (C=O) groups is 1. The van der Waals surface area contributed by atoms with Crippen LogP contribution in [0.4, 0.5) is 11.4 Å². The Kier molecular flexibility index (Phi) is 4.42. The van der Waals surface area contributed by atoms with Crippen molar-refractivity contribution in [2.24, 2.45) is 0 Å². The molecule has 6 heteroatoms. The number of hydrogen-bond donors (Lipinski definition) is 1. The van der Waals surface area contributed by atoms with Gasteiger partial charge in [-0.05, 0) is 19.1 Å². The summed E-state index contributed by atoms with van der Waals surface area (Å²) in [5.74, 6) is -0.965. The Morgan fingerprint density at radius 2 is 2.28 bits per heavy atom. The standard InChI is InChI=1S/C12H14N2O4/c1-3-6-13(8-12(15)16)10-4-5-11(14(17)18)9(2)7-10/h3-5,7H,1,6,8H2,2H3,(H,15,16). The molecule has 1 rings (SSSR count). The van der Waals surface area contributed by atoms with Crippen molar-refractivity contribution < 1.29 is 14.8 Å². The van der Waals surface area contributed by atoms with Gasteiger partial charge < -0.3 is 10.0 Å². The highest BCUT2D eigenvalue weighted by Crippen LogP contribution is 2.24. The molecule has 96 valence electrons. The molecule has 0 bridgehead atoms. The van der Waals surface area contributed by atoms with Gasteiger partial charge in [0, 0.05) is 23.9 Å². The van der Waals surface area contributed by atoms with Gasteiger partial charge in [-0.2, -0.15) is 0 Å². The number of rotatable bonds is 6. The van der Waals surface area contributed by atoms with Crippen molar-refractivity contribution in [3.63, 3.8) is 0 Å². The molecule has 1 aromatic rings. The quantitative estimate of drug-likeness (QED) is 0.474. The molecule has 0 spiro atoms. The first-order valence-corrected chi connectivity index (χ1v) is 5.28. The lowest BCUT2D eigenvalue weighted by Crippen LogP contribution is -2.29. The van der Waals surface area contributed by atoms with E-state index >= 15 is 0 Å². The van der Waals surface area contributed by atoms with Crippen molar-refractivity contribution in [2.45, 2.75) is 6.92 Å². The molecule has 0 aliphatic carbocycles. The Labute approximate surface area is 104 Å². The van der Waals surface area contributed by atoms with E-state index in [1.54, 1.807) is 24.0 Å². The van der Waals surface area contributed by atoms with E-state index in [-0.39, 0.29) is 12.2 Å². The van der Waals surface area contributed by atoms with Gasteiger partial charge in [-0.3, -0.25) is 14.9 Å². The Hall–Kier alpha value is -2.37. The number of anilines is 1. The summed E-state index contributed by atoms with van der Waals surface area (Å²) in [6.07, 6.45) is 1.58. The zero-order chi connectivity index (χ0) is 13.7. The van der Waals surface area contributed by atoms with Crippen LogP contribution in [-0.2, 0) is 4.79 Å². The number of benzene rings is 1. The maximum Gasteiger partial charge on any atom is 0.323 e. The van der Waals surface area contributed by atoms with Gasteiger partial charge in [0.25, 0.3) is 5.69 Å². The SMILES string of the molecule is C=CCN(CC(=O)O)c1ccc([N+](=O)[O-])c(C)c1. The molecule has 1 aromatic carbocycles. The summed E-state index contributed by atoms with van der Waals surface area (Å²) in [4.78, 5) is 22.5. The summed E-state index contributed by atoms with van der Waals surface area (Å²) in [5.41, 5.74) is 1.14. The van der Waals surface area contributed by atoms with Gasteiger partial charge in [0.2, 0.25) is 0 Å². The van der Waals surface area contributed by atoms with E-state index in [0.717, 1.165) is 0 Å². The van der Waals surface area contributed by atoms with Gasteiger partial charge in [0.1, 0.15) is 6.54 Å². The molecular weight excluding hydrogens is 236 g/mol. The minimum atomic E-state index is -0.965. The molecule has 0 heterocycles. The van der Waals surface area contributed by atoms with E-state index in [9.17, 15) is 14.9 Å². The number of nitrogens with zero attached hydrogens (tertiary/aromatic N) is 2. The molecule has 0 aliphatic rings. The predicted octanol–water partition coefficient (Wildman–Crippen LogP) is 1.98. The number of nitro benzene ring substituents is 1. The first-order valence-electron chi connectivity index (χ1n) is 5.28. The van der Waals surface area contributed by atoms with Crippen molar-refractivity contribution in [3.8, 4) is 0 Å². The second kappa shape index (κ2) is 5.81. The maximum absolute atomic E-state index is 10.7. The molecular formula is C12H14N2O4. The third kappa shape index (κ3) is 3.31. The van der Waals surface area contributed by atoms with Gasteiger partial charge in [0.15, 0.2) is 0 Å². The number of aliphatic carboxylic acids is 1. The fraction of sp³-hybridized carbons (Fsp3) is 0.250. The highest BCUT2D eigenvalue weighted by Gasteiger charge is 2.14. The average molecular weight is 250 g/mol. The number of nitro groups is 1. The van der Waals surface area contributed by atoms with Crippen molar-refractivity contribution in [1.29, 1.82) is 0 Å². The molecule has 1 N–H and O–H groups in total. The summed E-state index contributed by atoms with van der Waals surface area (Å²) in [7, 11) is 0. The Balaban J connectivity index is 3.06. The van der Waals surface area contributed by atoms with Gasteiger partial charge in [-0.15, -0.1) is 6.58 Å². The molecule has 0 radical (unpaired) electrons. The Morgan fingerprint density at radius 3 is 2.72 bits per heavy atom. The van der Waals surface area contributed by atoms with E-state index in [1.165, 1.54) is 12.1 Å². The van der Waals surface area contributed by atoms with Crippen LogP contribution in [0.25, 0.3) is 0 Å². The van der Waals surface area contributed by atoms with Crippen LogP contribution in [-0.4, -0.2) is 29.1 Å². The van der Waals surface area contributed by atoms with Gasteiger partial charge in [0.05, 0.1) is 4.92 Å². The van der Waals surface area contributed by atoms with E-state index in [1.807, 2.05) is 0 Å². The lowest BCUT2D eigenvalue weighted by atomic mass is 10.1. The summed E-state index contributed by atoms with van der Waals surface area (Å²) >= 11 is 0. The normalized spacial score (nSPS) is 9.83. The largest absolute Gasteiger partial charge is 0.480 e. The van der Waals surface area contributed by atoms with E-state index < -0.39 is 10.9 Å². The van der Waals surface area contributed by atoms with Crippen molar-refractivity contribution in [2.75, 3.05) is 18.0 Å². The molecule has 0 fully saturated rings. The van der Waals surface area contributed by atoms with E-state index in [4.69, 9.17) is 5.11 Å². The fourth-order valence-electron chi connectivity index (χ4n) is 1.62. The second-order valence-electron chi connectivity index (χ2n) is 3.79. The molecule has 0 atom stereocenters. The number of hydrogen-bond acceptors (Lipinski definition) is 4. The highest BCUT2D eigenvalue weighted by atomic mass is 16.6. The van der Waals surface area contributed by atoms with Gasteiger partial charge in [-0.1, -0.05) is 6.08 Å². The summed E-state index contributed by atoms with van der Waals surface area (Å²) in [5, 5.41) is 19.5. The molecule has 0 unspecified atom stereocenters. The zero-order valence-electron chi connectivity index (χ0n) is 10.00. The van der Waals surface area contributed by atoms with Crippen molar-refractivity contribution in [3.05, 3.63) is 46.5 Å². The predicted molar refractivity (Wildman–Crippen MR) is 67.9 cm³/mol. The second-order valence-corrected chi connectivity index (χ2v) is 3.79. The van der Waals surface area contributed by atoms with Crippen LogP contribution in [0, 0.1) is 17.0 Å². The lowest BCUT2D eigenvalue weighted by Gasteiger charge is -2.21. The van der Waals surface area contributed by atoms with Crippen LogP contribution < -0.4 is 4.90 Å². The van der Waals surface area contributed by atoms with Crippen molar-refractivity contribution >= 4 is 17.3 Å². The number of aryl methyl sites for hydroxylation is 1. The molecule has 6 nitrogen and oxygen atoms in total. The topological polar surface area (TPSA) is 83.7 Å². The Morgan fingerprint density at radius 1 is 1.61 bits per heavy atom. The summed E-state index contributed by atoms with van der Waals surface area (Å²) in [6, 6.07) is 4.52. The molecule has 0 aromatic heterocycles.